The van der Waals surface area contributed by atoms with E-state index in [1.54, 1.807) is 0 Å². The Bertz CT molecular complexity index is 1540. The Labute approximate surface area is 218 Å². The zero-order chi connectivity index (χ0) is 24.9. The lowest BCUT2D eigenvalue weighted by Gasteiger charge is -2.27. The van der Waals surface area contributed by atoms with Crippen molar-refractivity contribution in [2.75, 3.05) is 4.90 Å². The fourth-order valence-corrected chi connectivity index (χ4v) is 4.70. The van der Waals surface area contributed by atoms with Crippen LogP contribution in [0.2, 0.25) is 0 Å². The summed E-state index contributed by atoms with van der Waals surface area (Å²) in [5.74, 6) is 0. The lowest BCUT2D eigenvalue weighted by molar-refractivity contribution is 1.27. The van der Waals surface area contributed by atoms with Crippen LogP contribution < -0.4 is 4.90 Å². The Hall–Kier alpha value is -4.95. The maximum absolute atomic E-state index is 4.66. The van der Waals surface area contributed by atoms with Crippen molar-refractivity contribution in [2.24, 2.45) is 0 Å². The number of hydrogen-bond donors (Lipinski definition) is 0. The molecule has 0 fully saturated rings. The highest BCUT2D eigenvalue weighted by Crippen LogP contribution is 2.40. The molecule has 6 rings (SSSR count). The van der Waals surface area contributed by atoms with Crippen LogP contribution in [-0.4, -0.2) is 4.98 Å². The third-order valence-electron chi connectivity index (χ3n) is 6.47. The van der Waals surface area contributed by atoms with Crippen molar-refractivity contribution in [1.29, 1.82) is 0 Å². The third kappa shape index (κ3) is 4.91. The van der Waals surface area contributed by atoms with Gasteiger partial charge in [0.2, 0.25) is 0 Å². The average molecular weight is 475 g/mol. The minimum absolute atomic E-state index is 0.951. The topological polar surface area (TPSA) is 16.1 Å². The van der Waals surface area contributed by atoms with Crippen molar-refractivity contribution in [1.82, 2.24) is 4.98 Å². The first kappa shape index (κ1) is 22.5. The summed E-state index contributed by atoms with van der Waals surface area (Å²) >= 11 is 0. The minimum Gasteiger partial charge on any atom is -0.310 e. The zero-order valence-corrected chi connectivity index (χ0v) is 20.4. The smallest absolute Gasteiger partial charge is 0.0702 e. The van der Waals surface area contributed by atoms with E-state index in [-0.39, 0.29) is 0 Å². The van der Waals surface area contributed by atoms with Crippen LogP contribution in [0.25, 0.3) is 33.5 Å². The van der Waals surface area contributed by atoms with Gasteiger partial charge < -0.3 is 4.90 Å². The number of anilines is 3. The Morgan fingerprint density at radius 1 is 0.351 bits per heavy atom. The number of nitrogens with zero attached hydrogens (tertiary/aromatic N) is 2. The summed E-state index contributed by atoms with van der Waals surface area (Å²) in [4.78, 5) is 6.99. The molecule has 6 aromatic rings. The molecule has 0 saturated carbocycles. The largest absolute Gasteiger partial charge is 0.310 e. The average Bonchev–Trinajstić information content (AvgIpc) is 2.99. The van der Waals surface area contributed by atoms with Gasteiger partial charge in [0.15, 0.2) is 0 Å². The van der Waals surface area contributed by atoms with Crippen LogP contribution in [-0.2, 0) is 0 Å². The standard InChI is InChI=1S/C35H26N2/c1-4-13-27(14-5-1)29-17-12-20-33(24-29)37(32-18-8-3-9-19-32)34-25-30(28-15-6-2-7-16-28)23-31(26-34)35-21-10-11-22-36-35/h1-26H. The number of para-hydroxylation sites is 1. The van der Waals surface area contributed by atoms with Gasteiger partial charge in [-0.3, -0.25) is 4.98 Å². The SMILES string of the molecule is c1ccc(-c2cccc(N(c3ccccc3)c3cc(-c4ccccc4)cc(-c4ccccn4)c3)c2)cc1. The maximum Gasteiger partial charge on any atom is 0.0702 e. The molecule has 0 amide bonds. The molecule has 1 heterocycles. The molecule has 0 aliphatic carbocycles. The van der Waals surface area contributed by atoms with Gasteiger partial charge in [-0.1, -0.05) is 97.1 Å². The van der Waals surface area contributed by atoms with Crippen LogP contribution in [0.5, 0.6) is 0 Å². The van der Waals surface area contributed by atoms with Crippen LogP contribution in [0.1, 0.15) is 0 Å². The van der Waals surface area contributed by atoms with Gasteiger partial charge in [-0.05, 0) is 76.9 Å². The molecule has 2 heteroatoms. The van der Waals surface area contributed by atoms with Crippen molar-refractivity contribution in [2.45, 2.75) is 0 Å². The predicted molar refractivity (Wildman–Crippen MR) is 155 cm³/mol. The Morgan fingerprint density at radius 2 is 0.892 bits per heavy atom. The van der Waals surface area contributed by atoms with Gasteiger partial charge in [0.1, 0.15) is 0 Å². The van der Waals surface area contributed by atoms with Gasteiger partial charge in [-0.2, -0.15) is 0 Å². The van der Waals surface area contributed by atoms with Crippen molar-refractivity contribution in [3.8, 4) is 33.5 Å². The lowest BCUT2D eigenvalue weighted by atomic mass is 9.99. The lowest BCUT2D eigenvalue weighted by Crippen LogP contribution is -2.10. The second-order valence-corrected chi connectivity index (χ2v) is 8.94. The van der Waals surface area contributed by atoms with E-state index in [2.05, 4.69) is 149 Å². The summed E-state index contributed by atoms with van der Waals surface area (Å²) in [5.41, 5.74) is 10.0. The normalized spacial score (nSPS) is 10.7. The van der Waals surface area contributed by atoms with E-state index in [1.807, 2.05) is 18.3 Å². The van der Waals surface area contributed by atoms with Crippen LogP contribution in [0.4, 0.5) is 17.1 Å². The summed E-state index contributed by atoms with van der Waals surface area (Å²) in [6.07, 6.45) is 1.85. The molecule has 2 nitrogen and oxygen atoms in total. The van der Waals surface area contributed by atoms with Crippen molar-refractivity contribution in [3.05, 3.63) is 158 Å². The van der Waals surface area contributed by atoms with Crippen molar-refractivity contribution >= 4 is 17.1 Å². The van der Waals surface area contributed by atoms with Crippen LogP contribution in [0.3, 0.4) is 0 Å². The number of rotatable bonds is 6. The molecule has 0 radical (unpaired) electrons. The van der Waals surface area contributed by atoms with Gasteiger partial charge in [-0.25, -0.2) is 0 Å². The van der Waals surface area contributed by atoms with E-state index in [0.717, 1.165) is 33.9 Å². The Kier molecular flexibility index (Phi) is 6.30. The molecule has 37 heavy (non-hydrogen) atoms. The first-order chi connectivity index (χ1) is 18.3. The quantitative estimate of drug-likeness (QED) is 0.239. The summed E-state index contributed by atoms with van der Waals surface area (Å²) in [5, 5.41) is 0. The number of aromatic nitrogens is 1. The molecule has 0 atom stereocenters. The second-order valence-electron chi connectivity index (χ2n) is 8.94. The Balaban J connectivity index is 1.56. The molecular formula is C35H26N2. The first-order valence-corrected chi connectivity index (χ1v) is 12.5. The molecule has 0 aliphatic rings. The molecule has 176 valence electrons. The Morgan fingerprint density at radius 3 is 1.57 bits per heavy atom. The molecule has 0 unspecified atom stereocenters. The van der Waals surface area contributed by atoms with E-state index in [0.29, 0.717) is 0 Å². The van der Waals surface area contributed by atoms with Crippen LogP contribution >= 0.6 is 0 Å². The molecule has 0 N–H and O–H groups in total. The second kappa shape index (κ2) is 10.3. The van der Waals surface area contributed by atoms with E-state index < -0.39 is 0 Å². The van der Waals surface area contributed by atoms with Crippen molar-refractivity contribution in [3.63, 3.8) is 0 Å². The zero-order valence-electron chi connectivity index (χ0n) is 20.4. The number of hydrogen-bond acceptors (Lipinski definition) is 2. The first-order valence-electron chi connectivity index (χ1n) is 12.5. The van der Waals surface area contributed by atoms with Gasteiger partial charge in [0.25, 0.3) is 0 Å². The molecule has 5 aromatic carbocycles. The highest BCUT2D eigenvalue weighted by atomic mass is 15.1. The highest BCUT2D eigenvalue weighted by Gasteiger charge is 2.16. The van der Waals surface area contributed by atoms with Crippen LogP contribution in [0.15, 0.2) is 158 Å². The van der Waals surface area contributed by atoms with Crippen LogP contribution in [0, 0.1) is 0 Å². The van der Waals surface area contributed by atoms with Gasteiger partial charge in [0, 0.05) is 28.8 Å². The van der Waals surface area contributed by atoms with Gasteiger partial charge in [0.05, 0.1) is 5.69 Å². The fourth-order valence-electron chi connectivity index (χ4n) is 4.70. The monoisotopic (exact) mass is 474 g/mol. The van der Waals surface area contributed by atoms with E-state index in [9.17, 15) is 0 Å². The van der Waals surface area contributed by atoms with E-state index in [4.69, 9.17) is 0 Å². The molecular weight excluding hydrogens is 448 g/mol. The predicted octanol–water partition coefficient (Wildman–Crippen LogP) is 9.55. The molecule has 0 bridgehead atoms. The minimum atomic E-state index is 0.951. The third-order valence-corrected chi connectivity index (χ3v) is 6.47. The van der Waals surface area contributed by atoms with E-state index >= 15 is 0 Å². The molecule has 0 saturated heterocycles. The summed E-state index contributed by atoms with van der Waals surface area (Å²) in [6, 6.07) is 53.1. The van der Waals surface area contributed by atoms with Gasteiger partial charge in [-0.15, -0.1) is 0 Å². The molecule has 1 aromatic heterocycles. The highest BCUT2D eigenvalue weighted by molar-refractivity contribution is 5.85. The summed E-state index contributed by atoms with van der Waals surface area (Å²) < 4.78 is 0. The summed E-state index contributed by atoms with van der Waals surface area (Å²) in [7, 11) is 0. The van der Waals surface area contributed by atoms with Gasteiger partial charge >= 0.3 is 0 Å². The van der Waals surface area contributed by atoms with Crippen molar-refractivity contribution < 1.29 is 0 Å². The summed E-state index contributed by atoms with van der Waals surface area (Å²) in [6.45, 7) is 0. The molecule has 0 spiro atoms. The maximum atomic E-state index is 4.66. The molecule has 0 aliphatic heterocycles. The number of benzene rings is 5. The number of pyridine rings is 1. The van der Waals surface area contributed by atoms with E-state index in [1.165, 1.54) is 16.7 Å². The fraction of sp³-hybridized carbons (Fsp3) is 0.